The lowest BCUT2D eigenvalue weighted by molar-refractivity contribution is -0.138. The Hall–Kier alpha value is -2.84. The first-order chi connectivity index (χ1) is 11.6. The molecule has 0 unspecified atom stereocenters. The van der Waals surface area contributed by atoms with E-state index < -0.39 is 35.6 Å². The molecule has 0 aliphatic rings. The van der Waals surface area contributed by atoms with E-state index >= 15 is 0 Å². The molecule has 9 heteroatoms. The number of carbonyl (C=O) groups excluding carboxylic acids is 3. The van der Waals surface area contributed by atoms with Crippen LogP contribution < -0.4 is 11.1 Å². The number of hydrogen-bond donors (Lipinski definition) is 2. The smallest absolute Gasteiger partial charge is 0.416 e. The van der Waals surface area contributed by atoms with Gasteiger partial charge in [0.05, 0.1) is 12.2 Å². The third kappa shape index (κ3) is 6.66. The van der Waals surface area contributed by atoms with E-state index in [0.29, 0.717) is 0 Å². The Morgan fingerprint density at radius 1 is 1.24 bits per heavy atom. The first-order valence-electron chi connectivity index (χ1n) is 7.26. The summed E-state index contributed by atoms with van der Waals surface area (Å²) in [6.45, 7) is 1.81. The fourth-order valence-corrected chi connectivity index (χ4v) is 1.79. The van der Waals surface area contributed by atoms with Crippen molar-refractivity contribution in [1.29, 1.82) is 0 Å². The molecule has 0 spiro atoms. The van der Waals surface area contributed by atoms with Crippen LogP contribution in [0.15, 0.2) is 36.4 Å². The van der Waals surface area contributed by atoms with Gasteiger partial charge in [-0.2, -0.15) is 13.2 Å². The van der Waals surface area contributed by atoms with Gasteiger partial charge in [-0.05, 0) is 37.6 Å². The summed E-state index contributed by atoms with van der Waals surface area (Å²) in [5.74, 6) is -2.23. The summed E-state index contributed by atoms with van der Waals surface area (Å²) in [6, 6.07) is 2.37. The van der Waals surface area contributed by atoms with Gasteiger partial charge < -0.3 is 15.8 Å². The second-order valence-corrected chi connectivity index (χ2v) is 4.89. The number of hydrogen-bond acceptors (Lipinski definition) is 4. The molecule has 0 bridgehead atoms. The fourth-order valence-electron chi connectivity index (χ4n) is 1.79. The number of halogens is 3. The number of esters is 1. The van der Waals surface area contributed by atoms with Crippen molar-refractivity contribution in [2.24, 2.45) is 5.73 Å². The van der Waals surface area contributed by atoms with E-state index in [4.69, 9.17) is 5.73 Å². The number of carbonyl (C=O) groups is 3. The van der Waals surface area contributed by atoms with Crippen LogP contribution in [-0.4, -0.2) is 30.4 Å². The first kappa shape index (κ1) is 20.2. The minimum Gasteiger partial charge on any atom is -0.463 e. The average molecular weight is 358 g/mol. The SMILES string of the molecule is CCOC(=O)/C=C/C[C@@H](NC(=O)c1ccc(C(F)(F)F)cc1)C(N)=O. The van der Waals surface area contributed by atoms with Crippen LogP contribution in [0, 0.1) is 0 Å². The lowest BCUT2D eigenvalue weighted by atomic mass is 10.1. The van der Waals surface area contributed by atoms with Gasteiger partial charge in [-0.25, -0.2) is 4.79 Å². The van der Waals surface area contributed by atoms with Crippen LogP contribution in [-0.2, 0) is 20.5 Å². The molecule has 25 heavy (non-hydrogen) atoms. The van der Waals surface area contributed by atoms with Gasteiger partial charge in [-0.15, -0.1) is 0 Å². The molecule has 0 radical (unpaired) electrons. The fraction of sp³-hybridized carbons (Fsp3) is 0.312. The lowest BCUT2D eigenvalue weighted by Crippen LogP contribution is -2.44. The van der Waals surface area contributed by atoms with Gasteiger partial charge in [0.15, 0.2) is 0 Å². The number of nitrogens with two attached hydrogens (primary N) is 1. The van der Waals surface area contributed by atoms with Crippen molar-refractivity contribution in [3.8, 4) is 0 Å². The molecular weight excluding hydrogens is 341 g/mol. The van der Waals surface area contributed by atoms with E-state index in [9.17, 15) is 27.6 Å². The van der Waals surface area contributed by atoms with Gasteiger partial charge in [-0.1, -0.05) is 6.08 Å². The monoisotopic (exact) mass is 358 g/mol. The number of alkyl halides is 3. The van der Waals surface area contributed by atoms with Gasteiger partial charge >= 0.3 is 12.1 Å². The molecule has 1 aromatic rings. The van der Waals surface area contributed by atoms with E-state index in [1.807, 2.05) is 0 Å². The number of nitrogens with one attached hydrogen (secondary N) is 1. The maximum absolute atomic E-state index is 12.5. The molecule has 0 aliphatic heterocycles. The third-order valence-electron chi connectivity index (χ3n) is 3.04. The predicted molar refractivity (Wildman–Crippen MR) is 82.3 cm³/mol. The molecule has 1 rings (SSSR count). The second-order valence-electron chi connectivity index (χ2n) is 4.89. The summed E-state index contributed by atoms with van der Waals surface area (Å²) in [4.78, 5) is 34.5. The highest BCUT2D eigenvalue weighted by Gasteiger charge is 2.30. The molecule has 0 saturated heterocycles. The number of ether oxygens (including phenoxy) is 1. The quantitative estimate of drug-likeness (QED) is 0.573. The molecule has 3 N–H and O–H groups in total. The predicted octanol–water partition coefficient (Wildman–Crippen LogP) is 1.80. The van der Waals surface area contributed by atoms with Gasteiger partial charge in [0.2, 0.25) is 5.91 Å². The summed E-state index contributed by atoms with van der Waals surface area (Å²) in [6.07, 6.45) is -2.19. The maximum Gasteiger partial charge on any atom is 0.416 e. The molecule has 136 valence electrons. The molecule has 0 saturated carbocycles. The summed E-state index contributed by atoms with van der Waals surface area (Å²) >= 11 is 0. The van der Waals surface area contributed by atoms with E-state index in [2.05, 4.69) is 10.1 Å². The average Bonchev–Trinajstić information content (AvgIpc) is 2.53. The Morgan fingerprint density at radius 2 is 1.84 bits per heavy atom. The molecule has 6 nitrogen and oxygen atoms in total. The summed E-state index contributed by atoms with van der Waals surface area (Å²) in [7, 11) is 0. The van der Waals surface area contributed by atoms with E-state index in [-0.39, 0.29) is 18.6 Å². The second kappa shape index (κ2) is 8.86. The number of amides is 2. The van der Waals surface area contributed by atoms with Gasteiger partial charge in [-0.3, -0.25) is 9.59 Å². The summed E-state index contributed by atoms with van der Waals surface area (Å²) in [5, 5.41) is 2.30. The molecule has 1 aromatic carbocycles. The van der Waals surface area contributed by atoms with Crippen LogP contribution in [0.4, 0.5) is 13.2 Å². The standard InChI is InChI=1S/C16H17F3N2O4/c1-2-25-13(22)5-3-4-12(14(20)23)21-15(24)10-6-8-11(9-7-10)16(17,18)19/h3,5-9,12H,2,4H2,1H3,(H2,20,23)(H,21,24)/b5-3+/t12-/m1/s1. The number of rotatable bonds is 7. The van der Waals surface area contributed by atoms with Gasteiger partial charge in [0, 0.05) is 11.6 Å². The van der Waals surface area contributed by atoms with Crippen LogP contribution in [0.25, 0.3) is 0 Å². The Labute approximate surface area is 141 Å². The van der Waals surface area contributed by atoms with E-state index in [1.54, 1.807) is 6.92 Å². The largest absolute Gasteiger partial charge is 0.463 e. The van der Waals surface area contributed by atoms with Gasteiger partial charge in [0.25, 0.3) is 5.91 Å². The zero-order chi connectivity index (χ0) is 19.0. The highest BCUT2D eigenvalue weighted by molar-refractivity contribution is 5.97. The highest BCUT2D eigenvalue weighted by Crippen LogP contribution is 2.29. The number of benzene rings is 1. The minimum atomic E-state index is -4.51. The topological polar surface area (TPSA) is 98.5 Å². The molecule has 2 amide bonds. The molecule has 0 fully saturated rings. The lowest BCUT2D eigenvalue weighted by Gasteiger charge is -2.14. The zero-order valence-corrected chi connectivity index (χ0v) is 13.3. The van der Waals surface area contributed by atoms with E-state index in [1.165, 1.54) is 6.08 Å². The van der Waals surface area contributed by atoms with Crippen molar-refractivity contribution >= 4 is 17.8 Å². The summed E-state index contributed by atoms with van der Waals surface area (Å²) in [5.41, 5.74) is 4.21. The number of primary amides is 1. The third-order valence-corrected chi connectivity index (χ3v) is 3.04. The molecular formula is C16H17F3N2O4. The molecule has 0 aromatic heterocycles. The van der Waals surface area contributed by atoms with Crippen molar-refractivity contribution in [3.05, 3.63) is 47.5 Å². The van der Waals surface area contributed by atoms with Crippen LogP contribution in [0.5, 0.6) is 0 Å². The van der Waals surface area contributed by atoms with Crippen LogP contribution in [0.1, 0.15) is 29.3 Å². The van der Waals surface area contributed by atoms with Crippen molar-refractivity contribution < 1.29 is 32.3 Å². The van der Waals surface area contributed by atoms with Crippen molar-refractivity contribution in [1.82, 2.24) is 5.32 Å². The maximum atomic E-state index is 12.5. The first-order valence-corrected chi connectivity index (χ1v) is 7.26. The Balaban J connectivity index is 2.73. The Morgan fingerprint density at radius 3 is 2.32 bits per heavy atom. The zero-order valence-electron chi connectivity index (χ0n) is 13.3. The molecule has 0 heterocycles. The minimum absolute atomic E-state index is 0.0615. The summed E-state index contributed by atoms with van der Waals surface area (Å²) < 4.78 is 42.1. The Bertz CT molecular complexity index is 654. The van der Waals surface area contributed by atoms with Crippen LogP contribution >= 0.6 is 0 Å². The Kier molecular flexibility index (Phi) is 7.16. The van der Waals surface area contributed by atoms with Crippen LogP contribution in [0.3, 0.4) is 0 Å². The normalized spacial score (nSPS) is 12.6. The molecule has 0 aliphatic carbocycles. The highest BCUT2D eigenvalue weighted by atomic mass is 19.4. The molecule has 1 atom stereocenters. The van der Waals surface area contributed by atoms with E-state index in [0.717, 1.165) is 30.3 Å². The van der Waals surface area contributed by atoms with Gasteiger partial charge in [0.1, 0.15) is 6.04 Å². The van der Waals surface area contributed by atoms with Crippen molar-refractivity contribution in [2.45, 2.75) is 25.6 Å². The van der Waals surface area contributed by atoms with Crippen LogP contribution in [0.2, 0.25) is 0 Å². The van der Waals surface area contributed by atoms with Crippen molar-refractivity contribution in [2.75, 3.05) is 6.61 Å². The van der Waals surface area contributed by atoms with Crippen molar-refractivity contribution in [3.63, 3.8) is 0 Å².